The van der Waals surface area contributed by atoms with Gasteiger partial charge in [-0.15, -0.1) is 0 Å². The molecule has 0 aromatic carbocycles. The second-order valence-corrected chi connectivity index (χ2v) is 6.35. The third-order valence-corrected chi connectivity index (χ3v) is 4.65. The Morgan fingerprint density at radius 3 is 2.13 bits per heavy atom. The van der Waals surface area contributed by atoms with Crippen molar-refractivity contribution in [3.63, 3.8) is 0 Å². The van der Waals surface area contributed by atoms with E-state index in [-0.39, 0.29) is 0 Å². The topological polar surface area (TPSA) is 12.0 Å². The lowest BCUT2D eigenvalue weighted by molar-refractivity contribution is 0.229. The summed E-state index contributed by atoms with van der Waals surface area (Å²) in [7, 11) is 0. The maximum atomic E-state index is 3.84. The second kappa shape index (κ2) is 4.45. The SMILES string of the molecule is CCC1(CNC2CC(C)CC(C)C2)CC1. The normalized spacial score (nSPS) is 39.0. The molecule has 2 saturated carbocycles. The largest absolute Gasteiger partial charge is 0.313 e. The van der Waals surface area contributed by atoms with Crippen molar-refractivity contribution in [3.05, 3.63) is 0 Å². The van der Waals surface area contributed by atoms with Crippen LogP contribution in [0.1, 0.15) is 59.3 Å². The Labute approximate surface area is 95.0 Å². The molecule has 1 N–H and O–H groups in total. The molecule has 0 aromatic heterocycles. The van der Waals surface area contributed by atoms with Crippen LogP contribution < -0.4 is 5.32 Å². The van der Waals surface area contributed by atoms with Crippen LogP contribution in [0.15, 0.2) is 0 Å². The highest BCUT2D eigenvalue weighted by Gasteiger charge is 2.40. The Bertz CT molecular complexity index is 197. The Balaban J connectivity index is 1.74. The van der Waals surface area contributed by atoms with Gasteiger partial charge in [-0.1, -0.05) is 20.8 Å². The van der Waals surface area contributed by atoms with Gasteiger partial charge in [-0.2, -0.15) is 0 Å². The van der Waals surface area contributed by atoms with Crippen molar-refractivity contribution < 1.29 is 0 Å². The Hall–Kier alpha value is -0.0400. The molecule has 1 heteroatoms. The first-order valence-corrected chi connectivity index (χ1v) is 6.87. The molecule has 2 rings (SSSR count). The Morgan fingerprint density at radius 2 is 1.67 bits per heavy atom. The maximum Gasteiger partial charge on any atom is 0.00723 e. The molecule has 1 nitrogen and oxygen atoms in total. The summed E-state index contributed by atoms with van der Waals surface area (Å²) < 4.78 is 0. The van der Waals surface area contributed by atoms with Crippen LogP contribution in [0.2, 0.25) is 0 Å². The molecule has 0 spiro atoms. The molecule has 2 atom stereocenters. The summed E-state index contributed by atoms with van der Waals surface area (Å²) in [6.07, 6.45) is 8.56. The molecular formula is C14H27N. The number of hydrogen-bond donors (Lipinski definition) is 1. The minimum absolute atomic E-state index is 0.712. The van der Waals surface area contributed by atoms with E-state index in [9.17, 15) is 0 Å². The molecule has 0 aliphatic heterocycles. The molecule has 0 amide bonds. The lowest BCUT2D eigenvalue weighted by Crippen LogP contribution is -2.39. The van der Waals surface area contributed by atoms with E-state index < -0.39 is 0 Å². The molecule has 2 fully saturated rings. The van der Waals surface area contributed by atoms with Crippen molar-refractivity contribution >= 4 is 0 Å². The van der Waals surface area contributed by atoms with Gasteiger partial charge in [0.05, 0.1) is 0 Å². The van der Waals surface area contributed by atoms with Crippen LogP contribution in [0.3, 0.4) is 0 Å². The first-order valence-electron chi connectivity index (χ1n) is 6.87. The summed E-state index contributed by atoms with van der Waals surface area (Å²) in [5.74, 6) is 1.87. The standard InChI is InChI=1S/C14H27N/c1-4-14(5-6-14)10-15-13-8-11(2)7-12(3)9-13/h11-13,15H,4-10H2,1-3H3. The first-order chi connectivity index (χ1) is 7.13. The number of hydrogen-bond acceptors (Lipinski definition) is 1. The average Bonchev–Trinajstić information content (AvgIpc) is 2.94. The summed E-state index contributed by atoms with van der Waals surface area (Å²) in [5.41, 5.74) is 0.712. The monoisotopic (exact) mass is 209 g/mol. The molecule has 0 aromatic rings. The van der Waals surface area contributed by atoms with Crippen LogP contribution in [0.4, 0.5) is 0 Å². The zero-order valence-corrected chi connectivity index (χ0v) is 10.7. The van der Waals surface area contributed by atoms with Crippen LogP contribution in [0, 0.1) is 17.3 Å². The van der Waals surface area contributed by atoms with Crippen molar-refractivity contribution in [2.45, 2.75) is 65.3 Å². The van der Waals surface area contributed by atoms with E-state index in [1.165, 1.54) is 45.1 Å². The van der Waals surface area contributed by atoms with Crippen molar-refractivity contribution in [1.82, 2.24) is 5.32 Å². The highest BCUT2D eigenvalue weighted by atomic mass is 14.9. The minimum Gasteiger partial charge on any atom is -0.313 e. The van der Waals surface area contributed by atoms with Gasteiger partial charge in [0, 0.05) is 12.6 Å². The van der Waals surface area contributed by atoms with Crippen molar-refractivity contribution in [1.29, 1.82) is 0 Å². The fourth-order valence-corrected chi connectivity index (χ4v) is 3.31. The number of rotatable bonds is 4. The smallest absolute Gasteiger partial charge is 0.00723 e. The van der Waals surface area contributed by atoms with E-state index in [0.29, 0.717) is 5.41 Å². The lowest BCUT2D eigenvalue weighted by Gasteiger charge is -2.33. The average molecular weight is 209 g/mol. The van der Waals surface area contributed by atoms with Crippen LogP contribution in [-0.2, 0) is 0 Å². The molecule has 2 unspecified atom stereocenters. The van der Waals surface area contributed by atoms with Gasteiger partial charge < -0.3 is 5.32 Å². The van der Waals surface area contributed by atoms with Crippen LogP contribution in [-0.4, -0.2) is 12.6 Å². The summed E-state index contributed by atoms with van der Waals surface area (Å²) in [6.45, 7) is 8.46. The predicted octanol–water partition coefficient (Wildman–Crippen LogP) is 3.59. The molecule has 0 bridgehead atoms. The van der Waals surface area contributed by atoms with Gasteiger partial charge >= 0.3 is 0 Å². The quantitative estimate of drug-likeness (QED) is 0.746. The van der Waals surface area contributed by atoms with Gasteiger partial charge in [-0.25, -0.2) is 0 Å². The van der Waals surface area contributed by atoms with E-state index in [1.54, 1.807) is 0 Å². The minimum atomic E-state index is 0.712. The predicted molar refractivity (Wildman–Crippen MR) is 65.9 cm³/mol. The van der Waals surface area contributed by atoms with E-state index in [4.69, 9.17) is 0 Å². The van der Waals surface area contributed by atoms with Crippen LogP contribution in [0.5, 0.6) is 0 Å². The zero-order valence-electron chi connectivity index (χ0n) is 10.7. The van der Waals surface area contributed by atoms with Gasteiger partial charge in [0.1, 0.15) is 0 Å². The highest BCUT2D eigenvalue weighted by molar-refractivity contribution is 4.94. The molecule has 0 saturated heterocycles. The van der Waals surface area contributed by atoms with E-state index in [1.807, 2.05) is 0 Å². The van der Waals surface area contributed by atoms with Gasteiger partial charge in [-0.3, -0.25) is 0 Å². The van der Waals surface area contributed by atoms with Crippen LogP contribution in [0.25, 0.3) is 0 Å². The third kappa shape index (κ3) is 2.96. The number of nitrogens with one attached hydrogen (secondary N) is 1. The van der Waals surface area contributed by atoms with Gasteiger partial charge in [0.2, 0.25) is 0 Å². The maximum absolute atomic E-state index is 3.84. The fraction of sp³-hybridized carbons (Fsp3) is 1.00. The summed E-state index contributed by atoms with van der Waals surface area (Å²) in [5, 5.41) is 3.84. The van der Waals surface area contributed by atoms with Crippen molar-refractivity contribution in [3.8, 4) is 0 Å². The van der Waals surface area contributed by atoms with E-state index >= 15 is 0 Å². The van der Waals surface area contributed by atoms with Crippen molar-refractivity contribution in [2.24, 2.45) is 17.3 Å². The summed E-state index contributed by atoms with van der Waals surface area (Å²) >= 11 is 0. The van der Waals surface area contributed by atoms with E-state index in [2.05, 4.69) is 26.1 Å². The zero-order chi connectivity index (χ0) is 10.9. The highest BCUT2D eigenvalue weighted by Crippen LogP contribution is 2.48. The summed E-state index contributed by atoms with van der Waals surface area (Å²) in [6, 6.07) is 0.813. The molecule has 0 radical (unpaired) electrons. The molecule has 88 valence electrons. The molecule has 15 heavy (non-hydrogen) atoms. The Morgan fingerprint density at radius 1 is 1.07 bits per heavy atom. The van der Waals surface area contributed by atoms with Gasteiger partial charge in [0.25, 0.3) is 0 Å². The lowest BCUT2D eigenvalue weighted by atomic mass is 9.80. The molecule has 0 heterocycles. The van der Waals surface area contributed by atoms with Crippen molar-refractivity contribution in [2.75, 3.05) is 6.54 Å². The van der Waals surface area contributed by atoms with Crippen LogP contribution >= 0.6 is 0 Å². The second-order valence-electron chi connectivity index (χ2n) is 6.35. The summed E-state index contributed by atoms with van der Waals surface area (Å²) in [4.78, 5) is 0. The Kier molecular flexibility index (Phi) is 3.39. The fourth-order valence-electron chi connectivity index (χ4n) is 3.31. The van der Waals surface area contributed by atoms with E-state index in [0.717, 1.165) is 17.9 Å². The molecule has 2 aliphatic carbocycles. The van der Waals surface area contributed by atoms with Gasteiger partial charge in [-0.05, 0) is 55.8 Å². The third-order valence-electron chi connectivity index (χ3n) is 4.65. The first kappa shape index (κ1) is 11.4. The van der Waals surface area contributed by atoms with Gasteiger partial charge in [0.15, 0.2) is 0 Å². The molecule has 2 aliphatic rings. The molecular weight excluding hydrogens is 182 g/mol.